The quantitative estimate of drug-likeness (QED) is 0.588. The number of methoxy groups -OCH3 is 1. The van der Waals surface area contributed by atoms with Gasteiger partial charge in [-0.15, -0.1) is 0 Å². The zero-order chi connectivity index (χ0) is 8.97. The second-order valence-corrected chi connectivity index (χ2v) is 2.33. The SMILES string of the molecule is COc1cc(O)ccc1CNO. The molecule has 0 fully saturated rings. The number of rotatable bonds is 3. The van der Waals surface area contributed by atoms with Gasteiger partial charge in [0.1, 0.15) is 11.5 Å². The Morgan fingerprint density at radius 2 is 2.25 bits per heavy atom. The van der Waals surface area contributed by atoms with Crippen molar-refractivity contribution in [2.24, 2.45) is 0 Å². The number of hydrogen-bond acceptors (Lipinski definition) is 4. The van der Waals surface area contributed by atoms with Crippen LogP contribution in [0.5, 0.6) is 11.5 Å². The molecule has 0 aliphatic rings. The fourth-order valence-electron chi connectivity index (χ4n) is 0.964. The van der Waals surface area contributed by atoms with Crippen LogP contribution in [0, 0.1) is 0 Å². The van der Waals surface area contributed by atoms with Crippen LogP contribution >= 0.6 is 0 Å². The van der Waals surface area contributed by atoms with Crippen molar-refractivity contribution in [1.82, 2.24) is 5.48 Å². The molecule has 0 heterocycles. The van der Waals surface area contributed by atoms with Crippen LogP contribution in [0.25, 0.3) is 0 Å². The second-order valence-electron chi connectivity index (χ2n) is 2.33. The maximum atomic E-state index is 9.07. The lowest BCUT2D eigenvalue weighted by Gasteiger charge is -2.07. The summed E-state index contributed by atoms with van der Waals surface area (Å²) in [7, 11) is 1.51. The van der Waals surface area contributed by atoms with Crippen LogP contribution in [0.1, 0.15) is 5.56 Å². The normalized spacial score (nSPS) is 9.83. The first kappa shape index (κ1) is 8.83. The van der Waals surface area contributed by atoms with Gasteiger partial charge >= 0.3 is 0 Å². The van der Waals surface area contributed by atoms with Gasteiger partial charge in [0.2, 0.25) is 0 Å². The Morgan fingerprint density at radius 1 is 1.50 bits per heavy atom. The first-order valence-corrected chi connectivity index (χ1v) is 3.50. The van der Waals surface area contributed by atoms with Crippen molar-refractivity contribution in [2.75, 3.05) is 7.11 Å². The van der Waals surface area contributed by atoms with Crippen LogP contribution in [-0.4, -0.2) is 17.4 Å². The lowest BCUT2D eigenvalue weighted by molar-refractivity contribution is 0.160. The molecule has 0 aliphatic heterocycles. The monoisotopic (exact) mass is 169 g/mol. The smallest absolute Gasteiger partial charge is 0.127 e. The van der Waals surface area contributed by atoms with E-state index >= 15 is 0 Å². The van der Waals surface area contributed by atoms with Crippen molar-refractivity contribution < 1.29 is 15.1 Å². The average Bonchev–Trinajstić information content (AvgIpc) is 2.08. The van der Waals surface area contributed by atoms with E-state index in [1.165, 1.54) is 19.2 Å². The van der Waals surface area contributed by atoms with Gasteiger partial charge in [-0.05, 0) is 6.07 Å². The van der Waals surface area contributed by atoms with E-state index in [2.05, 4.69) is 0 Å². The first-order valence-electron chi connectivity index (χ1n) is 3.50. The summed E-state index contributed by atoms with van der Waals surface area (Å²) in [5.74, 6) is 0.699. The standard InChI is InChI=1S/C8H11NO3/c1-12-8-4-7(10)3-2-6(8)5-9-11/h2-4,9-11H,5H2,1H3. The fourth-order valence-corrected chi connectivity index (χ4v) is 0.964. The molecule has 0 atom stereocenters. The Balaban J connectivity index is 2.94. The molecule has 0 radical (unpaired) electrons. The number of nitrogens with one attached hydrogen (secondary N) is 1. The lowest BCUT2D eigenvalue weighted by atomic mass is 10.2. The minimum absolute atomic E-state index is 0.147. The molecule has 12 heavy (non-hydrogen) atoms. The summed E-state index contributed by atoms with van der Waals surface area (Å²) in [5.41, 5.74) is 2.81. The summed E-state index contributed by atoms with van der Waals surface area (Å²) in [6.07, 6.45) is 0. The summed E-state index contributed by atoms with van der Waals surface area (Å²) < 4.78 is 4.97. The van der Waals surface area contributed by atoms with Gasteiger partial charge in [-0.25, -0.2) is 5.48 Å². The van der Waals surface area contributed by atoms with Crippen molar-refractivity contribution >= 4 is 0 Å². The summed E-state index contributed by atoms with van der Waals surface area (Å²) in [4.78, 5) is 0. The molecule has 4 nitrogen and oxygen atoms in total. The van der Waals surface area contributed by atoms with Crippen molar-refractivity contribution in [2.45, 2.75) is 6.54 Å². The number of phenolic OH excluding ortho intramolecular Hbond substituents is 1. The predicted molar refractivity (Wildman–Crippen MR) is 43.3 cm³/mol. The molecule has 4 heteroatoms. The molecule has 1 rings (SSSR count). The largest absolute Gasteiger partial charge is 0.508 e. The van der Waals surface area contributed by atoms with Gasteiger partial charge in [0.15, 0.2) is 0 Å². The van der Waals surface area contributed by atoms with Crippen molar-refractivity contribution in [1.29, 1.82) is 0 Å². The summed E-state index contributed by atoms with van der Waals surface area (Å²) in [5, 5.41) is 17.5. The molecule has 1 aromatic carbocycles. The second kappa shape index (κ2) is 3.94. The van der Waals surface area contributed by atoms with E-state index in [1.807, 2.05) is 5.48 Å². The highest BCUT2D eigenvalue weighted by atomic mass is 16.5. The zero-order valence-electron chi connectivity index (χ0n) is 6.74. The molecule has 1 aromatic rings. The Labute approximate surface area is 70.4 Å². The number of aromatic hydroxyl groups is 1. The number of hydroxylamine groups is 1. The maximum Gasteiger partial charge on any atom is 0.127 e. The number of benzene rings is 1. The van der Waals surface area contributed by atoms with E-state index in [1.54, 1.807) is 6.07 Å². The minimum Gasteiger partial charge on any atom is -0.508 e. The third-order valence-electron chi connectivity index (χ3n) is 1.54. The van der Waals surface area contributed by atoms with E-state index in [-0.39, 0.29) is 5.75 Å². The third kappa shape index (κ3) is 1.87. The van der Waals surface area contributed by atoms with Gasteiger partial charge in [0, 0.05) is 18.2 Å². The van der Waals surface area contributed by atoms with E-state index < -0.39 is 0 Å². The molecule has 0 saturated heterocycles. The topological polar surface area (TPSA) is 61.7 Å². The molecule has 0 aliphatic carbocycles. The van der Waals surface area contributed by atoms with Crippen LogP contribution in [0.2, 0.25) is 0 Å². The zero-order valence-corrected chi connectivity index (χ0v) is 6.74. The van der Waals surface area contributed by atoms with Crippen molar-refractivity contribution in [3.63, 3.8) is 0 Å². The van der Waals surface area contributed by atoms with Crippen molar-refractivity contribution in [3.05, 3.63) is 23.8 Å². The lowest BCUT2D eigenvalue weighted by Crippen LogP contribution is -2.07. The minimum atomic E-state index is 0.147. The summed E-state index contributed by atoms with van der Waals surface area (Å²) >= 11 is 0. The molecule has 3 N–H and O–H groups in total. The highest BCUT2D eigenvalue weighted by Crippen LogP contribution is 2.23. The fraction of sp³-hybridized carbons (Fsp3) is 0.250. The molecule has 0 unspecified atom stereocenters. The van der Waals surface area contributed by atoms with Gasteiger partial charge in [0.25, 0.3) is 0 Å². The molecular formula is C8H11NO3. The Hall–Kier alpha value is -1.26. The highest BCUT2D eigenvalue weighted by molar-refractivity contribution is 5.39. The summed E-state index contributed by atoms with van der Waals surface area (Å²) in [6.45, 7) is 0.295. The molecule has 0 aromatic heterocycles. The number of phenols is 1. The van der Waals surface area contributed by atoms with E-state index in [0.717, 1.165) is 5.56 Å². The Morgan fingerprint density at radius 3 is 2.83 bits per heavy atom. The average molecular weight is 169 g/mol. The van der Waals surface area contributed by atoms with Crippen molar-refractivity contribution in [3.8, 4) is 11.5 Å². The van der Waals surface area contributed by atoms with Crippen LogP contribution in [0.4, 0.5) is 0 Å². The van der Waals surface area contributed by atoms with Crippen LogP contribution in [0.3, 0.4) is 0 Å². The molecule has 0 amide bonds. The highest BCUT2D eigenvalue weighted by Gasteiger charge is 2.02. The molecular weight excluding hydrogens is 158 g/mol. The number of hydrogen-bond donors (Lipinski definition) is 3. The van der Waals surface area contributed by atoms with Gasteiger partial charge in [-0.2, -0.15) is 0 Å². The van der Waals surface area contributed by atoms with E-state index in [9.17, 15) is 0 Å². The van der Waals surface area contributed by atoms with Crippen LogP contribution in [-0.2, 0) is 6.54 Å². The van der Waals surface area contributed by atoms with Crippen LogP contribution < -0.4 is 10.2 Å². The van der Waals surface area contributed by atoms with Gasteiger partial charge in [-0.3, -0.25) is 0 Å². The predicted octanol–water partition coefficient (Wildman–Crippen LogP) is 0.880. The van der Waals surface area contributed by atoms with Gasteiger partial charge in [0.05, 0.1) is 7.11 Å². The third-order valence-corrected chi connectivity index (χ3v) is 1.54. The summed E-state index contributed by atoms with van der Waals surface area (Å²) in [6, 6.07) is 4.71. The van der Waals surface area contributed by atoms with Crippen LogP contribution in [0.15, 0.2) is 18.2 Å². The molecule has 0 bridgehead atoms. The molecule has 66 valence electrons. The van der Waals surface area contributed by atoms with Gasteiger partial charge in [-0.1, -0.05) is 6.07 Å². The van der Waals surface area contributed by atoms with E-state index in [0.29, 0.717) is 12.3 Å². The Bertz CT molecular complexity index is 262. The van der Waals surface area contributed by atoms with Gasteiger partial charge < -0.3 is 15.1 Å². The van der Waals surface area contributed by atoms with E-state index in [4.69, 9.17) is 15.1 Å². The Kier molecular flexibility index (Phi) is 2.90. The molecule has 0 saturated carbocycles. The maximum absolute atomic E-state index is 9.07. The first-order chi connectivity index (χ1) is 5.77. The number of ether oxygens (including phenoxy) is 1. The molecule has 0 spiro atoms.